The van der Waals surface area contributed by atoms with Gasteiger partial charge in [0.25, 0.3) is 0 Å². The minimum atomic E-state index is -0.366. The number of ether oxygens (including phenoxy) is 1. The molecule has 30 heavy (non-hydrogen) atoms. The molecule has 2 N–H and O–H groups in total. The van der Waals surface area contributed by atoms with Gasteiger partial charge in [0, 0.05) is 25.6 Å². The van der Waals surface area contributed by atoms with Gasteiger partial charge in [0.1, 0.15) is 11.5 Å². The second-order valence-corrected chi connectivity index (χ2v) is 8.20. The van der Waals surface area contributed by atoms with Crippen molar-refractivity contribution < 1.29 is 19.4 Å². The molecule has 0 atom stereocenters. The summed E-state index contributed by atoms with van der Waals surface area (Å²) in [6, 6.07) is 12.9. The number of nitrogens with one attached hydrogen (secondary N) is 1. The fourth-order valence-corrected chi connectivity index (χ4v) is 3.59. The van der Waals surface area contributed by atoms with Crippen molar-refractivity contribution in [2.24, 2.45) is 5.92 Å². The van der Waals surface area contributed by atoms with Crippen molar-refractivity contribution in [2.75, 3.05) is 13.1 Å². The van der Waals surface area contributed by atoms with E-state index in [4.69, 9.17) is 4.74 Å². The number of carbonyl (C=O) groups excluding carboxylic acids is 2. The summed E-state index contributed by atoms with van der Waals surface area (Å²) >= 11 is 0. The highest BCUT2D eigenvalue weighted by atomic mass is 16.6. The maximum atomic E-state index is 12.5. The maximum Gasteiger partial charge on any atom is 0.415 e. The van der Waals surface area contributed by atoms with Crippen LogP contribution >= 0.6 is 0 Å². The van der Waals surface area contributed by atoms with Crippen LogP contribution in [-0.4, -0.2) is 35.1 Å². The highest BCUT2D eigenvalue weighted by Gasteiger charge is 2.28. The van der Waals surface area contributed by atoms with E-state index in [0.29, 0.717) is 44.1 Å². The molecule has 0 spiro atoms. The Labute approximate surface area is 177 Å². The van der Waals surface area contributed by atoms with Gasteiger partial charge in [-0.3, -0.25) is 4.79 Å². The average Bonchev–Trinajstić information content (AvgIpc) is 2.74. The number of aromatic hydroxyl groups is 1. The number of aryl methyl sites for hydroxylation is 1. The van der Waals surface area contributed by atoms with E-state index in [1.807, 2.05) is 31.2 Å². The van der Waals surface area contributed by atoms with E-state index in [9.17, 15) is 14.7 Å². The van der Waals surface area contributed by atoms with Crippen molar-refractivity contribution in [3.63, 3.8) is 0 Å². The van der Waals surface area contributed by atoms with Crippen LogP contribution in [0.15, 0.2) is 42.5 Å². The van der Waals surface area contributed by atoms with Crippen LogP contribution in [0.4, 0.5) is 4.79 Å². The first-order valence-corrected chi connectivity index (χ1v) is 10.5. The number of likely N-dealkylation sites (tertiary alicyclic amines) is 1. The number of carbonyl (C=O) groups is 2. The number of piperidine rings is 1. The Morgan fingerprint density at radius 2 is 1.90 bits per heavy atom. The fourth-order valence-electron chi connectivity index (χ4n) is 3.59. The number of hydrogen-bond acceptors (Lipinski definition) is 4. The summed E-state index contributed by atoms with van der Waals surface area (Å²) in [6.07, 6.45) is 0.859. The Morgan fingerprint density at radius 1 is 1.17 bits per heavy atom. The zero-order valence-corrected chi connectivity index (χ0v) is 17.9. The monoisotopic (exact) mass is 410 g/mol. The molecule has 1 heterocycles. The van der Waals surface area contributed by atoms with Gasteiger partial charge < -0.3 is 20.1 Å². The molecule has 160 valence electrons. The van der Waals surface area contributed by atoms with E-state index in [-0.39, 0.29) is 23.7 Å². The zero-order valence-electron chi connectivity index (χ0n) is 17.9. The van der Waals surface area contributed by atoms with Gasteiger partial charge in [-0.2, -0.15) is 0 Å². The van der Waals surface area contributed by atoms with Crippen LogP contribution in [0, 0.1) is 12.8 Å². The quantitative estimate of drug-likeness (QED) is 0.768. The van der Waals surface area contributed by atoms with Gasteiger partial charge >= 0.3 is 6.09 Å². The van der Waals surface area contributed by atoms with Gasteiger partial charge in [-0.15, -0.1) is 0 Å². The van der Waals surface area contributed by atoms with Gasteiger partial charge in [-0.05, 0) is 60.6 Å². The molecular formula is C24H30N2O4. The first-order valence-electron chi connectivity index (χ1n) is 10.5. The minimum Gasteiger partial charge on any atom is -0.508 e. The number of amides is 2. The van der Waals surface area contributed by atoms with Gasteiger partial charge in [-0.25, -0.2) is 4.79 Å². The zero-order chi connectivity index (χ0) is 21.7. The van der Waals surface area contributed by atoms with Gasteiger partial charge in [-0.1, -0.05) is 38.1 Å². The smallest absolute Gasteiger partial charge is 0.415 e. The summed E-state index contributed by atoms with van der Waals surface area (Å²) in [5.74, 6) is 1.05. The van der Waals surface area contributed by atoms with Crippen molar-refractivity contribution in [1.29, 1.82) is 0 Å². The Bertz CT molecular complexity index is 902. The van der Waals surface area contributed by atoms with Crippen LogP contribution in [0.25, 0.3) is 0 Å². The number of nitrogens with zero attached hydrogens (tertiary/aromatic N) is 1. The molecule has 3 rings (SSSR count). The molecule has 1 saturated heterocycles. The average molecular weight is 411 g/mol. The van der Waals surface area contributed by atoms with Crippen LogP contribution < -0.4 is 10.1 Å². The number of phenols is 1. The highest BCUT2D eigenvalue weighted by Crippen LogP contribution is 2.23. The Kier molecular flexibility index (Phi) is 6.98. The molecule has 6 heteroatoms. The van der Waals surface area contributed by atoms with Crippen molar-refractivity contribution in [3.05, 3.63) is 59.2 Å². The summed E-state index contributed by atoms with van der Waals surface area (Å²) in [5.41, 5.74) is 2.86. The topological polar surface area (TPSA) is 78.9 Å². The molecule has 0 radical (unpaired) electrons. The molecule has 0 aliphatic carbocycles. The summed E-state index contributed by atoms with van der Waals surface area (Å²) in [7, 11) is 0. The number of phenolic OH excluding ortho intramolecular Hbond substituents is 1. The molecule has 2 aromatic rings. The second-order valence-electron chi connectivity index (χ2n) is 8.20. The molecule has 1 fully saturated rings. The van der Waals surface area contributed by atoms with Crippen molar-refractivity contribution >= 4 is 12.0 Å². The Hall–Kier alpha value is -3.02. The normalized spacial score (nSPS) is 14.6. The molecule has 1 aliphatic rings. The van der Waals surface area contributed by atoms with Gasteiger partial charge in [0.15, 0.2) is 0 Å². The first kappa shape index (κ1) is 21.7. The van der Waals surface area contributed by atoms with Crippen LogP contribution in [0.3, 0.4) is 0 Å². The fraction of sp³-hybridized carbons (Fsp3) is 0.417. The predicted octanol–water partition coefficient (Wildman–Crippen LogP) is 4.35. The van der Waals surface area contributed by atoms with E-state index in [2.05, 4.69) is 19.2 Å². The summed E-state index contributed by atoms with van der Waals surface area (Å²) < 4.78 is 5.53. The molecule has 2 amide bonds. The summed E-state index contributed by atoms with van der Waals surface area (Å²) in [6.45, 7) is 7.44. The van der Waals surface area contributed by atoms with Crippen molar-refractivity contribution in [1.82, 2.24) is 10.2 Å². The molecule has 0 bridgehead atoms. The number of rotatable bonds is 5. The highest BCUT2D eigenvalue weighted by molar-refractivity contribution is 5.79. The Morgan fingerprint density at radius 3 is 2.57 bits per heavy atom. The third-order valence-corrected chi connectivity index (χ3v) is 5.58. The lowest BCUT2D eigenvalue weighted by atomic mass is 9.96. The van der Waals surface area contributed by atoms with Crippen LogP contribution in [-0.2, 0) is 11.3 Å². The molecule has 0 aromatic heterocycles. The van der Waals surface area contributed by atoms with E-state index in [0.717, 1.165) is 16.7 Å². The lowest BCUT2D eigenvalue weighted by Gasteiger charge is -2.30. The minimum absolute atomic E-state index is 0.00150. The van der Waals surface area contributed by atoms with Crippen LogP contribution in [0.1, 0.15) is 49.3 Å². The molecular weight excluding hydrogens is 380 g/mol. The van der Waals surface area contributed by atoms with Gasteiger partial charge in [0.05, 0.1) is 0 Å². The third kappa shape index (κ3) is 5.53. The number of benzene rings is 2. The molecule has 0 unspecified atom stereocenters. The number of hydrogen-bond donors (Lipinski definition) is 2. The first-order chi connectivity index (χ1) is 14.3. The summed E-state index contributed by atoms with van der Waals surface area (Å²) in [5, 5.41) is 12.6. The molecule has 0 saturated carbocycles. The van der Waals surface area contributed by atoms with Crippen molar-refractivity contribution in [2.45, 2.75) is 46.1 Å². The van der Waals surface area contributed by atoms with Gasteiger partial charge in [0.2, 0.25) is 5.91 Å². The third-order valence-electron chi connectivity index (χ3n) is 5.58. The second kappa shape index (κ2) is 9.65. The van der Waals surface area contributed by atoms with E-state index < -0.39 is 0 Å². The van der Waals surface area contributed by atoms with Crippen LogP contribution in [0.2, 0.25) is 0 Å². The van der Waals surface area contributed by atoms with Crippen molar-refractivity contribution in [3.8, 4) is 11.5 Å². The van der Waals surface area contributed by atoms with E-state index in [1.165, 1.54) is 0 Å². The Balaban J connectivity index is 1.46. The SMILES string of the molecule is Cc1cc(CNC(=O)C2CCN(C(=O)Oc3cccc(C(C)C)c3)CC2)ccc1O. The van der Waals surface area contributed by atoms with E-state index >= 15 is 0 Å². The standard InChI is InChI=1S/C24H30N2O4/c1-16(2)20-5-4-6-21(14-20)30-24(29)26-11-9-19(10-12-26)23(28)25-15-18-7-8-22(27)17(3)13-18/h4-8,13-14,16,19,27H,9-12,15H2,1-3H3,(H,25,28). The molecule has 1 aliphatic heterocycles. The van der Waals surface area contributed by atoms with E-state index in [1.54, 1.807) is 23.1 Å². The lowest BCUT2D eigenvalue weighted by Crippen LogP contribution is -2.44. The largest absolute Gasteiger partial charge is 0.508 e. The predicted molar refractivity (Wildman–Crippen MR) is 116 cm³/mol. The lowest BCUT2D eigenvalue weighted by molar-refractivity contribution is -0.126. The molecule has 2 aromatic carbocycles. The van der Waals surface area contributed by atoms with Crippen LogP contribution in [0.5, 0.6) is 11.5 Å². The summed E-state index contributed by atoms with van der Waals surface area (Å²) in [4.78, 5) is 26.6. The maximum absolute atomic E-state index is 12.5. The molecule has 6 nitrogen and oxygen atoms in total.